The second kappa shape index (κ2) is 12.0. The van der Waals surface area contributed by atoms with Crippen molar-refractivity contribution >= 4 is 17.8 Å². The Balaban J connectivity index is 2.04. The molecule has 0 saturated carbocycles. The molecule has 0 aliphatic rings. The first-order valence-corrected chi connectivity index (χ1v) is 11.5. The number of benzene rings is 3. The van der Waals surface area contributed by atoms with Gasteiger partial charge in [0.25, 0.3) is 0 Å². The first-order valence-electron chi connectivity index (χ1n) is 11.5. The topological polar surface area (TPSA) is 81.7 Å². The number of rotatable bonds is 10. The zero-order chi connectivity index (χ0) is 25.3. The van der Waals surface area contributed by atoms with Gasteiger partial charge in [-0.05, 0) is 23.1 Å². The van der Waals surface area contributed by atoms with Crippen molar-refractivity contribution in [3.05, 3.63) is 108 Å². The molecule has 0 aliphatic carbocycles. The fraction of sp³-hybridized carbons (Fsp3) is 0.276. The maximum absolute atomic E-state index is 13.6. The molecular weight excluding hydrogens is 442 g/mol. The SMILES string of the molecule is COC(=O)[C@H](C)C[C@H](NC(=O)CC(c1ccccc1)(c1ccccc1)c1ccccc1)C(=O)OC. The number of esters is 2. The lowest BCUT2D eigenvalue weighted by atomic mass is 9.67. The summed E-state index contributed by atoms with van der Waals surface area (Å²) in [5, 5.41) is 2.82. The lowest BCUT2D eigenvalue weighted by Gasteiger charge is -2.36. The number of methoxy groups -OCH3 is 2. The predicted molar refractivity (Wildman–Crippen MR) is 134 cm³/mol. The summed E-state index contributed by atoms with van der Waals surface area (Å²) in [6, 6.07) is 28.5. The summed E-state index contributed by atoms with van der Waals surface area (Å²) in [4.78, 5) is 38.0. The molecule has 1 amide bonds. The predicted octanol–water partition coefficient (Wildman–Crippen LogP) is 4.27. The van der Waals surface area contributed by atoms with E-state index < -0.39 is 29.3 Å². The van der Waals surface area contributed by atoms with Crippen molar-refractivity contribution in [1.82, 2.24) is 5.32 Å². The molecule has 0 radical (unpaired) electrons. The van der Waals surface area contributed by atoms with Crippen molar-refractivity contribution in [1.29, 1.82) is 0 Å². The molecule has 0 saturated heterocycles. The smallest absolute Gasteiger partial charge is 0.328 e. The minimum atomic E-state index is -0.985. The van der Waals surface area contributed by atoms with E-state index in [-0.39, 0.29) is 18.7 Å². The highest BCUT2D eigenvalue weighted by atomic mass is 16.5. The van der Waals surface area contributed by atoms with E-state index in [0.717, 1.165) is 16.7 Å². The molecule has 0 unspecified atom stereocenters. The molecule has 0 aliphatic heterocycles. The molecule has 35 heavy (non-hydrogen) atoms. The van der Waals surface area contributed by atoms with Gasteiger partial charge in [-0.15, -0.1) is 0 Å². The standard InChI is InChI=1S/C29H31NO5/c1-21(27(32)34-2)19-25(28(33)35-3)30-26(31)20-29(22-13-7-4-8-14-22,23-15-9-5-10-16-23)24-17-11-6-12-18-24/h4-18,21,25H,19-20H2,1-3H3,(H,30,31)/t21-,25+/m1/s1. The van der Waals surface area contributed by atoms with Gasteiger partial charge in [0.15, 0.2) is 0 Å². The van der Waals surface area contributed by atoms with Gasteiger partial charge in [-0.3, -0.25) is 9.59 Å². The number of carbonyl (C=O) groups is 3. The van der Waals surface area contributed by atoms with Gasteiger partial charge in [-0.25, -0.2) is 4.79 Å². The fourth-order valence-corrected chi connectivity index (χ4v) is 4.47. The van der Waals surface area contributed by atoms with Crippen LogP contribution in [-0.2, 0) is 29.3 Å². The monoisotopic (exact) mass is 473 g/mol. The van der Waals surface area contributed by atoms with Crippen molar-refractivity contribution in [2.45, 2.75) is 31.2 Å². The minimum Gasteiger partial charge on any atom is -0.469 e. The van der Waals surface area contributed by atoms with Crippen LogP contribution in [0.15, 0.2) is 91.0 Å². The Morgan fingerprint density at radius 2 is 1.11 bits per heavy atom. The molecule has 0 aromatic heterocycles. The van der Waals surface area contributed by atoms with Gasteiger partial charge in [0.2, 0.25) is 5.91 Å². The Morgan fingerprint density at radius 3 is 1.49 bits per heavy atom. The van der Waals surface area contributed by atoms with Crippen molar-refractivity contribution < 1.29 is 23.9 Å². The first-order chi connectivity index (χ1) is 16.9. The molecule has 0 fully saturated rings. The molecular formula is C29H31NO5. The molecule has 6 heteroatoms. The van der Waals surface area contributed by atoms with Crippen LogP contribution in [0.25, 0.3) is 0 Å². The van der Waals surface area contributed by atoms with E-state index >= 15 is 0 Å². The number of amides is 1. The molecule has 6 nitrogen and oxygen atoms in total. The Hall–Kier alpha value is -3.93. The zero-order valence-electron chi connectivity index (χ0n) is 20.3. The van der Waals surface area contributed by atoms with Gasteiger partial charge in [-0.1, -0.05) is 97.9 Å². The maximum atomic E-state index is 13.6. The molecule has 3 aromatic carbocycles. The van der Waals surface area contributed by atoms with E-state index in [4.69, 9.17) is 9.47 Å². The summed E-state index contributed by atoms with van der Waals surface area (Å²) >= 11 is 0. The summed E-state index contributed by atoms with van der Waals surface area (Å²) in [5.74, 6) is -2.00. The van der Waals surface area contributed by atoms with E-state index in [9.17, 15) is 14.4 Å². The van der Waals surface area contributed by atoms with Gasteiger partial charge in [-0.2, -0.15) is 0 Å². The Bertz CT molecular complexity index is 1020. The summed E-state index contributed by atoms with van der Waals surface area (Å²) < 4.78 is 9.69. The summed E-state index contributed by atoms with van der Waals surface area (Å²) in [5.41, 5.74) is 2.04. The highest BCUT2D eigenvalue weighted by Gasteiger charge is 2.39. The second-order valence-electron chi connectivity index (χ2n) is 8.48. The molecule has 1 N–H and O–H groups in total. The van der Waals surface area contributed by atoms with E-state index in [1.54, 1.807) is 6.92 Å². The maximum Gasteiger partial charge on any atom is 0.328 e. The first kappa shape index (κ1) is 25.7. The van der Waals surface area contributed by atoms with Crippen LogP contribution in [0.3, 0.4) is 0 Å². The molecule has 3 aromatic rings. The van der Waals surface area contributed by atoms with Gasteiger partial charge in [0.1, 0.15) is 6.04 Å². The lowest BCUT2D eigenvalue weighted by Crippen LogP contribution is -2.46. The average molecular weight is 474 g/mol. The second-order valence-corrected chi connectivity index (χ2v) is 8.48. The van der Waals surface area contributed by atoms with E-state index in [2.05, 4.69) is 5.32 Å². The van der Waals surface area contributed by atoms with Gasteiger partial charge >= 0.3 is 11.9 Å². The number of hydrogen-bond acceptors (Lipinski definition) is 5. The summed E-state index contributed by atoms with van der Waals surface area (Å²) in [7, 11) is 2.55. The largest absolute Gasteiger partial charge is 0.469 e. The molecule has 0 spiro atoms. The Kier molecular flexibility index (Phi) is 8.79. The van der Waals surface area contributed by atoms with Gasteiger partial charge < -0.3 is 14.8 Å². The molecule has 0 heterocycles. The fourth-order valence-electron chi connectivity index (χ4n) is 4.47. The highest BCUT2D eigenvalue weighted by molar-refractivity contribution is 5.86. The van der Waals surface area contributed by atoms with Crippen LogP contribution >= 0.6 is 0 Å². The average Bonchev–Trinajstić information content (AvgIpc) is 2.91. The third-order valence-electron chi connectivity index (χ3n) is 6.24. The summed E-state index contributed by atoms with van der Waals surface area (Å²) in [6.45, 7) is 1.65. The van der Waals surface area contributed by atoms with Crippen LogP contribution in [0, 0.1) is 5.92 Å². The molecule has 0 bridgehead atoms. The number of nitrogens with one attached hydrogen (secondary N) is 1. The van der Waals surface area contributed by atoms with Crippen LogP contribution in [0.2, 0.25) is 0 Å². The van der Waals surface area contributed by atoms with E-state index in [0.29, 0.717) is 0 Å². The highest BCUT2D eigenvalue weighted by Crippen LogP contribution is 2.42. The van der Waals surface area contributed by atoms with E-state index in [1.165, 1.54) is 14.2 Å². The van der Waals surface area contributed by atoms with Crippen LogP contribution in [0.5, 0.6) is 0 Å². The van der Waals surface area contributed by atoms with Gasteiger partial charge in [0, 0.05) is 6.42 Å². The van der Waals surface area contributed by atoms with Crippen LogP contribution in [0.1, 0.15) is 36.5 Å². The van der Waals surface area contributed by atoms with Gasteiger partial charge in [0.05, 0.1) is 25.6 Å². The normalized spacial score (nSPS) is 12.8. The summed E-state index contributed by atoms with van der Waals surface area (Å²) in [6.07, 6.45) is 0.116. The lowest BCUT2D eigenvalue weighted by molar-refractivity contribution is -0.149. The third-order valence-corrected chi connectivity index (χ3v) is 6.24. The third kappa shape index (κ3) is 5.96. The van der Waals surface area contributed by atoms with Crippen molar-refractivity contribution in [2.24, 2.45) is 5.92 Å². The molecule has 182 valence electrons. The number of hydrogen-bond donors (Lipinski definition) is 1. The minimum absolute atomic E-state index is 0.0468. The molecule has 3 rings (SSSR count). The Morgan fingerprint density at radius 1 is 0.714 bits per heavy atom. The van der Waals surface area contributed by atoms with Crippen LogP contribution in [0.4, 0.5) is 0 Å². The number of ether oxygens (including phenoxy) is 2. The van der Waals surface area contributed by atoms with Crippen LogP contribution in [-0.4, -0.2) is 38.1 Å². The zero-order valence-corrected chi connectivity index (χ0v) is 20.3. The van der Waals surface area contributed by atoms with Crippen LogP contribution < -0.4 is 5.32 Å². The van der Waals surface area contributed by atoms with E-state index in [1.807, 2.05) is 91.0 Å². The van der Waals surface area contributed by atoms with Crippen molar-refractivity contribution in [3.8, 4) is 0 Å². The van der Waals surface area contributed by atoms with Crippen molar-refractivity contribution in [3.63, 3.8) is 0 Å². The molecule has 2 atom stereocenters. The number of carbonyl (C=O) groups excluding carboxylic acids is 3. The quantitative estimate of drug-likeness (QED) is 0.351. The Labute approximate surface area is 206 Å². The van der Waals surface area contributed by atoms with Crippen molar-refractivity contribution in [2.75, 3.05) is 14.2 Å².